The number of hydrogen-bond donors (Lipinski definition) is 2. The molecule has 0 fully saturated rings. The lowest BCUT2D eigenvalue weighted by atomic mass is 10.1. The van der Waals surface area contributed by atoms with E-state index in [0.717, 1.165) is 22.0 Å². The average molecular weight is 408 g/mol. The lowest BCUT2D eigenvalue weighted by Gasteiger charge is -2.16. The van der Waals surface area contributed by atoms with Gasteiger partial charge in [-0.1, -0.05) is 48.5 Å². The molecule has 1 atom stereocenters. The molecular formula is C23H24N2O5. The zero-order valence-electron chi connectivity index (χ0n) is 16.7. The molecule has 7 nitrogen and oxygen atoms in total. The molecule has 0 bridgehead atoms. The number of benzene rings is 2. The van der Waals surface area contributed by atoms with E-state index in [9.17, 15) is 14.4 Å². The SMILES string of the molecule is COC(=O)C(Cc1ccccc1)NC(=O)COC(=O)CCc1c[nH]c2ccccc12. The number of carbonyl (C=O) groups is 3. The Kier molecular flexibility index (Phi) is 7.21. The third-order valence-electron chi connectivity index (χ3n) is 4.74. The van der Waals surface area contributed by atoms with Crippen molar-refractivity contribution in [3.8, 4) is 0 Å². The highest BCUT2D eigenvalue weighted by Crippen LogP contribution is 2.19. The van der Waals surface area contributed by atoms with Gasteiger partial charge in [0.1, 0.15) is 6.04 Å². The smallest absolute Gasteiger partial charge is 0.328 e. The van der Waals surface area contributed by atoms with Crippen LogP contribution in [-0.4, -0.2) is 42.6 Å². The van der Waals surface area contributed by atoms with E-state index < -0.39 is 30.5 Å². The summed E-state index contributed by atoms with van der Waals surface area (Å²) in [6.07, 6.45) is 2.81. The van der Waals surface area contributed by atoms with Crippen LogP contribution in [0.3, 0.4) is 0 Å². The van der Waals surface area contributed by atoms with Crippen molar-refractivity contribution in [2.75, 3.05) is 13.7 Å². The minimum Gasteiger partial charge on any atom is -0.467 e. The minimum atomic E-state index is -0.852. The molecule has 156 valence electrons. The summed E-state index contributed by atoms with van der Waals surface area (Å²) in [5.41, 5.74) is 2.90. The third kappa shape index (κ3) is 5.70. The van der Waals surface area contributed by atoms with Gasteiger partial charge in [-0.25, -0.2) is 4.79 Å². The Labute approximate surface area is 174 Å². The number of para-hydroxylation sites is 1. The fraction of sp³-hybridized carbons (Fsp3) is 0.261. The topological polar surface area (TPSA) is 97.5 Å². The van der Waals surface area contributed by atoms with Crippen molar-refractivity contribution in [1.29, 1.82) is 0 Å². The van der Waals surface area contributed by atoms with Crippen molar-refractivity contribution in [2.24, 2.45) is 0 Å². The van der Waals surface area contributed by atoms with Crippen LogP contribution in [0.15, 0.2) is 60.8 Å². The van der Waals surface area contributed by atoms with Gasteiger partial charge in [0.05, 0.1) is 7.11 Å². The standard InChI is InChI=1S/C23H24N2O5/c1-29-23(28)20(13-16-7-3-2-4-8-16)25-21(26)15-30-22(27)12-11-17-14-24-19-10-6-5-9-18(17)19/h2-10,14,20,24H,11-13,15H2,1H3,(H,25,26). The average Bonchev–Trinajstić information content (AvgIpc) is 3.19. The second-order valence-electron chi connectivity index (χ2n) is 6.85. The van der Waals surface area contributed by atoms with Crippen LogP contribution in [-0.2, 0) is 36.7 Å². The van der Waals surface area contributed by atoms with Crippen LogP contribution in [0.5, 0.6) is 0 Å². The number of hydrogen-bond acceptors (Lipinski definition) is 5. The fourth-order valence-electron chi connectivity index (χ4n) is 3.21. The van der Waals surface area contributed by atoms with Gasteiger partial charge in [-0.3, -0.25) is 9.59 Å². The highest BCUT2D eigenvalue weighted by atomic mass is 16.5. The molecule has 0 aliphatic rings. The van der Waals surface area contributed by atoms with Crippen molar-refractivity contribution in [3.63, 3.8) is 0 Å². The Balaban J connectivity index is 1.47. The van der Waals surface area contributed by atoms with Crippen molar-refractivity contribution in [2.45, 2.75) is 25.3 Å². The number of aromatic nitrogens is 1. The number of carbonyl (C=O) groups excluding carboxylic acids is 3. The molecule has 0 saturated heterocycles. The summed E-state index contributed by atoms with van der Waals surface area (Å²) < 4.78 is 9.83. The van der Waals surface area contributed by atoms with Gasteiger partial charge in [0.2, 0.25) is 0 Å². The Morgan fingerprint density at radius 1 is 1.03 bits per heavy atom. The van der Waals surface area contributed by atoms with E-state index in [4.69, 9.17) is 9.47 Å². The van der Waals surface area contributed by atoms with Gasteiger partial charge < -0.3 is 19.8 Å². The van der Waals surface area contributed by atoms with E-state index in [1.54, 1.807) is 0 Å². The van der Waals surface area contributed by atoms with Crippen molar-refractivity contribution >= 4 is 28.7 Å². The van der Waals surface area contributed by atoms with Crippen LogP contribution < -0.4 is 5.32 Å². The number of rotatable bonds is 9. The summed E-state index contributed by atoms with van der Waals surface area (Å²) in [6, 6.07) is 16.3. The van der Waals surface area contributed by atoms with E-state index >= 15 is 0 Å². The molecule has 1 unspecified atom stereocenters. The molecule has 0 radical (unpaired) electrons. The normalized spacial score (nSPS) is 11.6. The molecule has 2 N–H and O–H groups in total. The van der Waals surface area contributed by atoms with Crippen LogP contribution >= 0.6 is 0 Å². The van der Waals surface area contributed by atoms with Gasteiger partial charge >= 0.3 is 11.9 Å². The van der Waals surface area contributed by atoms with E-state index in [-0.39, 0.29) is 12.8 Å². The quantitative estimate of drug-likeness (QED) is 0.531. The maximum absolute atomic E-state index is 12.2. The van der Waals surface area contributed by atoms with Gasteiger partial charge in [-0.2, -0.15) is 0 Å². The predicted molar refractivity (Wildman–Crippen MR) is 112 cm³/mol. The number of esters is 2. The molecule has 30 heavy (non-hydrogen) atoms. The Morgan fingerprint density at radius 3 is 2.53 bits per heavy atom. The molecule has 1 aromatic heterocycles. The van der Waals surface area contributed by atoms with Crippen molar-refractivity contribution < 1.29 is 23.9 Å². The molecule has 2 aromatic carbocycles. The largest absolute Gasteiger partial charge is 0.467 e. The monoisotopic (exact) mass is 408 g/mol. The molecule has 1 heterocycles. The second kappa shape index (κ2) is 10.2. The number of ether oxygens (including phenoxy) is 2. The molecular weight excluding hydrogens is 384 g/mol. The molecule has 1 amide bonds. The van der Waals surface area contributed by atoms with Crippen molar-refractivity contribution in [3.05, 3.63) is 71.9 Å². The summed E-state index contributed by atoms with van der Waals surface area (Å²) in [6.45, 7) is -0.449. The van der Waals surface area contributed by atoms with E-state index in [2.05, 4.69) is 10.3 Å². The van der Waals surface area contributed by atoms with E-state index in [1.807, 2.05) is 60.8 Å². The van der Waals surface area contributed by atoms with Crippen LogP contribution in [0, 0.1) is 0 Å². The Morgan fingerprint density at radius 2 is 1.77 bits per heavy atom. The number of aryl methyl sites for hydroxylation is 1. The van der Waals surface area contributed by atoms with Crippen LogP contribution in [0.25, 0.3) is 10.9 Å². The summed E-state index contributed by atoms with van der Waals surface area (Å²) in [5.74, 6) is -1.59. The molecule has 3 aromatic rings. The highest BCUT2D eigenvalue weighted by molar-refractivity contribution is 5.87. The predicted octanol–water partition coefficient (Wildman–Crippen LogP) is 2.54. The lowest BCUT2D eigenvalue weighted by molar-refractivity contribution is -0.150. The zero-order valence-corrected chi connectivity index (χ0v) is 16.7. The summed E-state index contributed by atoms with van der Waals surface area (Å²) in [7, 11) is 1.26. The molecule has 0 aliphatic carbocycles. The van der Waals surface area contributed by atoms with E-state index in [0.29, 0.717) is 6.42 Å². The lowest BCUT2D eigenvalue weighted by Crippen LogP contribution is -2.44. The Bertz CT molecular complexity index is 1010. The summed E-state index contributed by atoms with van der Waals surface area (Å²) in [5, 5.41) is 3.63. The number of H-pyrrole nitrogens is 1. The molecule has 7 heteroatoms. The fourth-order valence-corrected chi connectivity index (χ4v) is 3.21. The maximum Gasteiger partial charge on any atom is 0.328 e. The first-order valence-corrected chi connectivity index (χ1v) is 9.68. The number of amides is 1. The van der Waals surface area contributed by atoms with Crippen LogP contribution in [0.1, 0.15) is 17.5 Å². The minimum absolute atomic E-state index is 0.152. The number of nitrogens with one attached hydrogen (secondary N) is 2. The van der Waals surface area contributed by atoms with Gasteiger partial charge in [0.25, 0.3) is 5.91 Å². The third-order valence-corrected chi connectivity index (χ3v) is 4.74. The van der Waals surface area contributed by atoms with Crippen LogP contribution in [0.2, 0.25) is 0 Å². The molecule has 0 spiro atoms. The highest BCUT2D eigenvalue weighted by Gasteiger charge is 2.22. The van der Waals surface area contributed by atoms with Crippen molar-refractivity contribution in [1.82, 2.24) is 10.3 Å². The Hall–Kier alpha value is -3.61. The second-order valence-corrected chi connectivity index (χ2v) is 6.85. The van der Waals surface area contributed by atoms with Gasteiger partial charge in [0, 0.05) is 29.9 Å². The first kappa shape index (κ1) is 21.1. The zero-order chi connectivity index (χ0) is 21.3. The summed E-state index contributed by atoms with van der Waals surface area (Å²) in [4.78, 5) is 39.4. The number of fused-ring (bicyclic) bond motifs is 1. The molecule has 0 aliphatic heterocycles. The first-order chi connectivity index (χ1) is 14.6. The van der Waals surface area contributed by atoms with Gasteiger partial charge in [-0.15, -0.1) is 0 Å². The molecule has 3 rings (SSSR count). The van der Waals surface area contributed by atoms with Gasteiger partial charge in [-0.05, 0) is 23.6 Å². The van der Waals surface area contributed by atoms with E-state index in [1.165, 1.54) is 7.11 Å². The summed E-state index contributed by atoms with van der Waals surface area (Å²) >= 11 is 0. The maximum atomic E-state index is 12.2. The number of aromatic amines is 1. The van der Waals surface area contributed by atoms with Crippen LogP contribution in [0.4, 0.5) is 0 Å². The number of methoxy groups -OCH3 is 1. The molecule has 0 saturated carbocycles. The van der Waals surface area contributed by atoms with Gasteiger partial charge in [0.15, 0.2) is 6.61 Å². The first-order valence-electron chi connectivity index (χ1n) is 9.68.